The van der Waals surface area contributed by atoms with Gasteiger partial charge >= 0.3 is 0 Å². The van der Waals surface area contributed by atoms with Crippen LogP contribution in [0.4, 0.5) is 0 Å². The highest BCUT2D eigenvalue weighted by atomic mass is 16.5. The van der Waals surface area contributed by atoms with Crippen LogP contribution in [0.3, 0.4) is 0 Å². The zero-order chi connectivity index (χ0) is 18.6. The van der Waals surface area contributed by atoms with Crippen LogP contribution >= 0.6 is 0 Å². The zero-order valence-electron chi connectivity index (χ0n) is 15.0. The second kappa shape index (κ2) is 7.77. The van der Waals surface area contributed by atoms with Gasteiger partial charge in [0.15, 0.2) is 11.5 Å². The van der Waals surface area contributed by atoms with Crippen LogP contribution in [-0.2, 0) is 6.42 Å². The highest BCUT2D eigenvalue weighted by Crippen LogP contribution is 2.47. The first-order valence-electron chi connectivity index (χ1n) is 7.84. The van der Waals surface area contributed by atoms with Gasteiger partial charge in [-0.3, -0.25) is 0 Å². The molecule has 0 radical (unpaired) electrons. The molecule has 2 rings (SSSR count). The highest BCUT2D eigenvalue weighted by molar-refractivity contribution is 5.89. The number of nitriles is 1. The average Bonchev–Trinajstić information content (AvgIpc) is 2.98. The lowest BCUT2D eigenvalue weighted by Gasteiger charge is -2.17. The van der Waals surface area contributed by atoms with Gasteiger partial charge in [-0.05, 0) is 31.2 Å². The average molecular weight is 341 g/mol. The van der Waals surface area contributed by atoms with Gasteiger partial charge in [-0.25, -0.2) is 0 Å². The van der Waals surface area contributed by atoms with Crippen molar-refractivity contribution in [2.45, 2.75) is 13.3 Å². The van der Waals surface area contributed by atoms with E-state index in [0.717, 1.165) is 28.0 Å². The first-order valence-corrected chi connectivity index (χ1v) is 7.84. The Morgan fingerprint density at radius 3 is 2.36 bits per heavy atom. The number of benzene rings is 1. The Bertz CT molecular complexity index is 831. The van der Waals surface area contributed by atoms with E-state index in [1.165, 1.54) is 0 Å². The Morgan fingerprint density at radius 2 is 1.88 bits per heavy atom. The Labute approximate surface area is 147 Å². The fourth-order valence-electron chi connectivity index (χ4n) is 2.99. The van der Waals surface area contributed by atoms with Crippen molar-refractivity contribution in [3.05, 3.63) is 35.7 Å². The molecule has 1 aromatic carbocycles. The Balaban J connectivity index is 2.88. The van der Waals surface area contributed by atoms with Gasteiger partial charge in [0.1, 0.15) is 11.8 Å². The standard InChI is InChI=1S/C19H23N3O3/c1-11(2)16-14(10-21)22-13(8-9-20)17(16)12-6-7-15(23-3)19(25-5)18(12)24-4/h6-7,22H,1,8-9,20H2,2-5H3. The number of H-pyrrole nitrogens is 1. The summed E-state index contributed by atoms with van der Waals surface area (Å²) in [6, 6.07) is 5.90. The lowest BCUT2D eigenvalue weighted by Crippen LogP contribution is -2.05. The number of aromatic amines is 1. The monoisotopic (exact) mass is 341 g/mol. The van der Waals surface area contributed by atoms with Crippen molar-refractivity contribution in [2.24, 2.45) is 5.73 Å². The van der Waals surface area contributed by atoms with E-state index in [-0.39, 0.29) is 0 Å². The molecule has 0 unspecified atom stereocenters. The van der Waals surface area contributed by atoms with E-state index in [2.05, 4.69) is 17.6 Å². The third-order valence-corrected chi connectivity index (χ3v) is 3.98. The number of allylic oxidation sites excluding steroid dienone is 1. The van der Waals surface area contributed by atoms with E-state index in [1.54, 1.807) is 21.3 Å². The smallest absolute Gasteiger partial charge is 0.203 e. The van der Waals surface area contributed by atoms with Gasteiger partial charge in [-0.15, -0.1) is 0 Å². The molecule has 0 amide bonds. The summed E-state index contributed by atoms with van der Waals surface area (Å²) in [6.07, 6.45) is 0.592. The minimum Gasteiger partial charge on any atom is -0.493 e. The van der Waals surface area contributed by atoms with Crippen LogP contribution in [0.2, 0.25) is 0 Å². The van der Waals surface area contributed by atoms with Crippen LogP contribution in [-0.4, -0.2) is 32.9 Å². The van der Waals surface area contributed by atoms with E-state index >= 15 is 0 Å². The topological polar surface area (TPSA) is 93.3 Å². The second-order valence-corrected chi connectivity index (χ2v) is 5.54. The predicted molar refractivity (Wildman–Crippen MR) is 98.1 cm³/mol. The number of ether oxygens (including phenoxy) is 3. The molecule has 0 aliphatic rings. The van der Waals surface area contributed by atoms with Crippen LogP contribution in [0.5, 0.6) is 17.2 Å². The number of hydrogen-bond acceptors (Lipinski definition) is 5. The van der Waals surface area contributed by atoms with Gasteiger partial charge in [0.05, 0.1) is 21.3 Å². The van der Waals surface area contributed by atoms with E-state index in [1.807, 2.05) is 19.1 Å². The number of aromatic nitrogens is 1. The number of nitrogens with one attached hydrogen (secondary N) is 1. The highest BCUT2D eigenvalue weighted by Gasteiger charge is 2.25. The summed E-state index contributed by atoms with van der Waals surface area (Å²) in [5, 5.41) is 9.50. The summed E-state index contributed by atoms with van der Waals surface area (Å²) in [7, 11) is 4.70. The van der Waals surface area contributed by atoms with Gasteiger partial charge in [0.2, 0.25) is 5.75 Å². The fraction of sp³-hybridized carbons (Fsp3) is 0.316. The number of nitrogens with two attached hydrogens (primary N) is 1. The van der Waals surface area contributed by atoms with Crippen LogP contribution in [0.15, 0.2) is 18.7 Å². The van der Waals surface area contributed by atoms with E-state index < -0.39 is 0 Å². The summed E-state index contributed by atoms with van der Waals surface area (Å²) in [6.45, 7) is 6.34. The molecule has 25 heavy (non-hydrogen) atoms. The zero-order valence-corrected chi connectivity index (χ0v) is 15.0. The van der Waals surface area contributed by atoms with Crippen molar-refractivity contribution in [1.29, 1.82) is 5.26 Å². The second-order valence-electron chi connectivity index (χ2n) is 5.54. The molecule has 0 spiro atoms. The first-order chi connectivity index (χ1) is 12.0. The summed E-state index contributed by atoms with van der Waals surface area (Å²) in [4.78, 5) is 3.17. The first kappa shape index (κ1) is 18.4. The number of rotatable bonds is 7. The van der Waals surface area contributed by atoms with Crippen LogP contribution in [0.1, 0.15) is 23.9 Å². The molecule has 0 aliphatic heterocycles. The van der Waals surface area contributed by atoms with Gasteiger partial charge in [0.25, 0.3) is 0 Å². The van der Waals surface area contributed by atoms with Gasteiger partial charge in [-0.2, -0.15) is 5.26 Å². The maximum absolute atomic E-state index is 9.50. The van der Waals surface area contributed by atoms with Crippen molar-refractivity contribution in [2.75, 3.05) is 27.9 Å². The third kappa shape index (κ3) is 3.19. The summed E-state index contributed by atoms with van der Waals surface area (Å²) in [5.41, 5.74) is 10.3. The Kier molecular flexibility index (Phi) is 5.73. The van der Waals surface area contributed by atoms with Crippen LogP contribution < -0.4 is 19.9 Å². The van der Waals surface area contributed by atoms with Crippen molar-refractivity contribution in [1.82, 2.24) is 4.98 Å². The minimum atomic E-state index is 0.448. The maximum atomic E-state index is 9.50. The lowest BCUT2D eigenvalue weighted by molar-refractivity contribution is 0.325. The molecule has 2 aromatic rings. The molecule has 3 N–H and O–H groups in total. The van der Waals surface area contributed by atoms with E-state index in [9.17, 15) is 5.26 Å². The summed E-state index contributed by atoms with van der Waals surface area (Å²) < 4.78 is 16.4. The molecular formula is C19H23N3O3. The molecule has 6 nitrogen and oxygen atoms in total. The van der Waals surface area contributed by atoms with Crippen molar-refractivity contribution in [3.8, 4) is 34.4 Å². The molecule has 0 saturated heterocycles. The minimum absolute atomic E-state index is 0.448. The van der Waals surface area contributed by atoms with Gasteiger partial charge < -0.3 is 24.9 Å². The van der Waals surface area contributed by atoms with Crippen molar-refractivity contribution in [3.63, 3.8) is 0 Å². The van der Waals surface area contributed by atoms with E-state index in [0.29, 0.717) is 35.9 Å². The predicted octanol–water partition coefficient (Wildman–Crippen LogP) is 3.11. The van der Waals surface area contributed by atoms with E-state index in [4.69, 9.17) is 19.9 Å². The summed E-state index contributed by atoms with van der Waals surface area (Å²) in [5.74, 6) is 1.59. The van der Waals surface area contributed by atoms with Crippen LogP contribution in [0, 0.1) is 11.3 Å². The Hall–Kier alpha value is -2.91. The molecule has 0 fully saturated rings. The summed E-state index contributed by atoms with van der Waals surface area (Å²) >= 11 is 0. The number of methoxy groups -OCH3 is 3. The molecule has 132 valence electrons. The molecule has 6 heteroatoms. The normalized spacial score (nSPS) is 10.2. The van der Waals surface area contributed by atoms with Gasteiger partial charge in [0, 0.05) is 28.8 Å². The maximum Gasteiger partial charge on any atom is 0.203 e. The molecule has 0 aliphatic carbocycles. The van der Waals surface area contributed by atoms with Gasteiger partial charge in [-0.1, -0.05) is 6.58 Å². The molecule has 0 bridgehead atoms. The SMILES string of the molecule is C=C(C)c1c(C#N)[nH]c(CCN)c1-c1ccc(OC)c(OC)c1OC. The largest absolute Gasteiger partial charge is 0.493 e. The Morgan fingerprint density at radius 1 is 1.20 bits per heavy atom. The van der Waals surface area contributed by atoms with Crippen LogP contribution in [0.25, 0.3) is 16.7 Å². The quantitative estimate of drug-likeness (QED) is 0.807. The molecule has 0 atom stereocenters. The van der Waals surface area contributed by atoms with Crippen molar-refractivity contribution < 1.29 is 14.2 Å². The molecular weight excluding hydrogens is 318 g/mol. The van der Waals surface area contributed by atoms with Crippen molar-refractivity contribution >= 4 is 5.57 Å². The fourth-order valence-corrected chi connectivity index (χ4v) is 2.99. The molecule has 1 aromatic heterocycles. The molecule has 0 saturated carbocycles. The number of nitrogens with zero attached hydrogens (tertiary/aromatic N) is 1. The lowest BCUT2D eigenvalue weighted by atomic mass is 9.94. The third-order valence-electron chi connectivity index (χ3n) is 3.98. The number of hydrogen-bond donors (Lipinski definition) is 2. The molecule has 1 heterocycles.